The number of rotatable bonds is 2. The van der Waals surface area contributed by atoms with Crippen LogP contribution in [0, 0.1) is 6.92 Å². The van der Waals surface area contributed by atoms with Crippen LogP contribution >= 0.6 is 24.8 Å². The van der Waals surface area contributed by atoms with Crippen LogP contribution in [0.3, 0.4) is 0 Å². The average Bonchev–Trinajstić information content (AvgIpc) is 2.49. The highest BCUT2D eigenvalue weighted by molar-refractivity contribution is 7.89. The first kappa shape index (κ1) is 21.1. The van der Waals surface area contributed by atoms with E-state index in [0.29, 0.717) is 18.0 Å². The van der Waals surface area contributed by atoms with Crippen LogP contribution in [-0.2, 0) is 10.0 Å². The highest BCUT2D eigenvalue weighted by Gasteiger charge is 2.34. The first-order valence-electron chi connectivity index (χ1n) is 7.50. The second-order valence-corrected chi connectivity index (χ2v) is 7.90. The van der Waals surface area contributed by atoms with E-state index in [4.69, 9.17) is 0 Å². The lowest BCUT2D eigenvalue weighted by Gasteiger charge is -2.36. The first-order chi connectivity index (χ1) is 10.4. The number of aromatic nitrogens is 1. The fourth-order valence-corrected chi connectivity index (χ4v) is 5.04. The number of halogens is 2. The van der Waals surface area contributed by atoms with Gasteiger partial charge in [0.25, 0.3) is 0 Å². The van der Waals surface area contributed by atoms with E-state index < -0.39 is 10.0 Å². The number of piperazine rings is 1. The summed E-state index contributed by atoms with van der Waals surface area (Å²) >= 11 is 0. The molecule has 5 nitrogen and oxygen atoms in total. The molecule has 2 heterocycles. The molecule has 0 saturated carbocycles. The summed E-state index contributed by atoms with van der Waals surface area (Å²) in [6.45, 7) is 7.01. The van der Waals surface area contributed by atoms with Crippen LogP contribution in [0.2, 0.25) is 0 Å². The molecule has 0 spiro atoms. The van der Waals surface area contributed by atoms with Crippen LogP contribution < -0.4 is 5.32 Å². The van der Waals surface area contributed by atoms with Crippen LogP contribution in [0.25, 0.3) is 10.8 Å². The number of nitrogens with one attached hydrogen (secondary N) is 1. The van der Waals surface area contributed by atoms with Crippen LogP contribution in [-0.4, -0.2) is 42.9 Å². The lowest BCUT2D eigenvalue weighted by atomic mass is 10.1. The van der Waals surface area contributed by atoms with Gasteiger partial charge in [-0.2, -0.15) is 4.31 Å². The molecule has 0 bridgehead atoms. The predicted octanol–water partition coefficient (Wildman–Crippen LogP) is 2.76. The Morgan fingerprint density at radius 1 is 1.21 bits per heavy atom. The van der Waals surface area contributed by atoms with Gasteiger partial charge in [0, 0.05) is 48.3 Å². The van der Waals surface area contributed by atoms with E-state index in [1.165, 1.54) is 0 Å². The van der Waals surface area contributed by atoms with Gasteiger partial charge in [0.05, 0.1) is 4.90 Å². The molecule has 0 unspecified atom stereocenters. The Morgan fingerprint density at radius 2 is 1.92 bits per heavy atom. The maximum atomic E-state index is 13.2. The van der Waals surface area contributed by atoms with Crippen molar-refractivity contribution < 1.29 is 8.42 Å². The second-order valence-electron chi connectivity index (χ2n) is 6.04. The zero-order chi connectivity index (χ0) is 15.9. The van der Waals surface area contributed by atoms with Crippen molar-refractivity contribution in [3.63, 3.8) is 0 Å². The van der Waals surface area contributed by atoms with Crippen molar-refractivity contribution >= 4 is 45.6 Å². The monoisotopic (exact) mass is 391 g/mol. The third-order valence-electron chi connectivity index (χ3n) is 4.23. The van der Waals surface area contributed by atoms with Gasteiger partial charge in [-0.1, -0.05) is 12.1 Å². The smallest absolute Gasteiger partial charge is 0.244 e. The van der Waals surface area contributed by atoms with Gasteiger partial charge in [0.2, 0.25) is 10.0 Å². The summed E-state index contributed by atoms with van der Waals surface area (Å²) in [5, 5.41) is 4.95. The van der Waals surface area contributed by atoms with E-state index in [9.17, 15) is 8.42 Å². The number of aryl methyl sites for hydroxylation is 1. The molecular weight excluding hydrogens is 369 g/mol. The standard InChI is InChI=1S/C16H21N3O2S.2ClH/c1-11-7-17-9-14-5-4-6-15(16(11)14)22(20,21)19-10-12(2)18-8-13(19)3;;/h4-7,9,12-13,18H,8,10H2,1-3H3;2*1H/t12-,13+;;/m1../s1. The van der Waals surface area contributed by atoms with Crippen LogP contribution in [0.5, 0.6) is 0 Å². The van der Waals surface area contributed by atoms with Crippen molar-refractivity contribution in [1.29, 1.82) is 0 Å². The van der Waals surface area contributed by atoms with Gasteiger partial charge in [-0.15, -0.1) is 24.8 Å². The van der Waals surface area contributed by atoms with E-state index in [0.717, 1.165) is 16.3 Å². The van der Waals surface area contributed by atoms with Crippen molar-refractivity contribution in [2.75, 3.05) is 13.1 Å². The van der Waals surface area contributed by atoms with Crippen LogP contribution in [0.1, 0.15) is 19.4 Å². The summed E-state index contributed by atoms with van der Waals surface area (Å²) in [5.41, 5.74) is 0.882. The molecule has 1 aromatic carbocycles. The minimum absolute atomic E-state index is 0. The van der Waals surface area contributed by atoms with Crippen molar-refractivity contribution in [2.24, 2.45) is 0 Å². The summed E-state index contributed by atoms with van der Waals surface area (Å²) < 4.78 is 28.0. The van der Waals surface area contributed by atoms with E-state index in [2.05, 4.69) is 10.3 Å². The molecular formula is C16H23Cl2N3O2S. The lowest BCUT2D eigenvalue weighted by molar-refractivity contribution is 0.245. The molecule has 0 radical (unpaired) electrons. The van der Waals surface area contributed by atoms with Crippen LogP contribution in [0.4, 0.5) is 0 Å². The third-order valence-corrected chi connectivity index (χ3v) is 6.25. The molecule has 1 aliphatic rings. The molecule has 0 aliphatic carbocycles. The Morgan fingerprint density at radius 3 is 2.62 bits per heavy atom. The van der Waals surface area contributed by atoms with Gasteiger partial charge in [0.1, 0.15) is 0 Å². The largest absolute Gasteiger partial charge is 0.311 e. The van der Waals surface area contributed by atoms with Gasteiger partial charge in [-0.25, -0.2) is 8.42 Å². The summed E-state index contributed by atoms with van der Waals surface area (Å²) in [6, 6.07) is 5.48. The molecule has 1 aliphatic heterocycles. The topological polar surface area (TPSA) is 62.3 Å². The zero-order valence-corrected chi connectivity index (χ0v) is 16.3. The number of benzene rings is 1. The van der Waals surface area contributed by atoms with Crippen molar-refractivity contribution in [2.45, 2.75) is 37.8 Å². The molecule has 134 valence electrons. The normalized spacial score (nSPS) is 21.8. The summed E-state index contributed by atoms with van der Waals surface area (Å²) in [7, 11) is -3.53. The fraction of sp³-hybridized carbons (Fsp3) is 0.438. The van der Waals surface area contributed by atoms with Gasteiger partial charge in [-0.3, -0.25) is 4.98 Å². The molecule has 2 aromatic rings. The maximum Gasteiger partial charge on any atom is 0.244 e. The highest BCUT2D eigenvalue weighted by Crippen LogP contribution is 2.29. The Bertz CT molecular complexity index is 809. The Balaban J connectivity index is 0.00000144. The Kier molecular flexibility index (Phi) is 7.02. The number of fused-ring (bicyclic) bond motifs is 1. The Labute approximate surface area is 155 Å². The maximum absolute atomic E-state index is 13.2. The van der Waals surface area contributed by atoms with Gasteiger partial charge in [0.15, 0.2) is 0 Å². The summed E-state index contributed by atoms with van der Waals surface area (Å²) in [5.74, 6) is 0. The van der Waals surface area contributed by atoms with Gasteiger partial charge >= 0.3 is 0 Å². The van der Waals surface area contributed by atoms with Crippen molar-refractivity contribution in [1.82, 2.24) is 14.6 Å². The number of sulfonamides is 1. The average molecular weight is 392 g/mol. The minimum atomic E-state index is -3.53. The molecule has 8 heteroatoms. The summed E-state index contributed by atoms with van der Waals surface area (Å²) in [4.78, 5) is 4.54. The highest BCUT2D eigenvalue weighted by atomic mass is 35.5. The van der Waals surface area contributed by atoms with E-state index in [-0.39, 0.29) is 36.9 Å². The fourth-order valence-electron chi connectivity index (χ4n) is 3.04. The van der Waals surface area contributed by atoms with Gasteiger partial charge < -0.3 is 5.32 Å². The number of nitrogens with zero attached hydrogens (tertiary/aromatic N) is 2. The van der Waals surface area contributed by atoms with Crippen molar-refractivity contribution in [3.8, 4) is 0 Å². The minimum Gasteiger partial charge on any atom is -0.311 e. The summed E-state index contributed by atoms with van der Waals surface area (Å²) in [6.07, 6.45) is 3.43. The quantitative estimate of drug-likeness (QED) is 0.854. The number of hydrogen-bond donors (Lipinski definition) is 1. The molecule has 1 aromatic heterocycles. The molecule has 2 atom stereocenters. The third kappa shape index (κ3) is 3.68. The molecule has 24 heavy (non-hydrogen) atoms. The van der Waals surface area contributed by atoms with Gasteiger partial charge in [-0.05, 0) is 32.4 Å². The predicted molar refractivity (Wildman–Crippen MR) is 102 cm³/mol. The molecule has 1 N–H and O–H groups in total. The lowest BCUT2D eigenvalue weighted by Crippen LogP contribution is -2.56. The first-order valence-corrected chi connectivity index (χ1v) is 8.94. The number of hydrogen-bond acceptors (Lipinski definition) is 4. The van der Waals surface area contributed by atoms with E-state index in [1.807, 2.05) is 26.8 Å². The molecule has 3 rings (SSSR count). The van der Waals surface area contributed by atoms with Crippen molar-refractivity contribution in [3.05, 3.63) is 36.2 Å². The molecule has 1 fully saturated rings. The number of pyridine rings is 1. The molecule has 1 saturated heterocycles. The van der Waals surface area contributed by atoms with E-state index >= 15 is 0 Å². The zero-order valence-electron chi connectivity index (χ0n) is 13.9. The SMILES string of the molecule is Cc1cncc2cccc(S(=O)(=O)N3C[C@@H](C)NC[C@@H]3C)c12.Cl.Cl. The molecule has 0 amide bonds. The Hall–Kier alpha value is -0.920. The second kappa shape index (κ2) is 7.97. The van der Waals surface area contributed by atoms with E-state index in [1.54, 1.807) is 28.8 Å². The van der Waals surface area contributed by atoms with Crippen LogP contribution in [0.15, 0.2) is 35.5 Å².